The molecular formula is C47H76N8O3. The molecule has 3 saturated carbocycles. The Morgan fingerprint density at radius 1 is 0.948 bits per heavy atom. The maximum Gasteiger partial charge on any atom is 0.338 e. The molecule has 0 spiro atoms. The van der Waals surface area contributed by atoms with Crippen molar-refractivity contribution in [2.45, 2.75) is 124 Å². The normalized spacial score (nSPS) is 28.1. The molecular weight excluding hydrogens is 725 g/mol. The van der Waals surface area contributed by atoms with Crippen molar-refractivity contribution in [1.82, 2.24) is 20.9 Å². The van der Waals surface area contributed by atoms with E-state index in [1.807, 2.05) is 24.3 Å². The van der Waals surface area contributed by atoms with E-state index in [-0.39, 0.29) is 29.5 Å². The maximum absolute atomic E-state index is 13.3. The van der Waals surface area contributed by atoms with Crippen LogP contribution in [0.4, 0.5) is 4.79 Å². The number of aliphatic imine (C=N–C) groups is 1. The lowest BCUT2D eigenvalue weighted by Gasteiger charge is -2.58. The molecule has 0 radical (unpaired) electrons. The summed E-state index contributed by atoms with van der Waals surface area (Å²) in [5.41, 5.74) is 14.7. The van der Waals surface area contributed by atoms with E-state index in [0.29, 0.717) is 68.9 Å². The lowest BCUT2D eigenvalue weighted by Crippen LogP contribution is -2.51. The first-order valence-corrected chi connectivity index (χ1v) is 22.5. The summed E-state index contributed by atoms with van der Waals surface area (Å²) >= 11 is 0. The summed E-state index contributed by atoms with van der Waals surface area (Å²) in [6.45, 7) is 19.1. The standard InChI is InChI=1S/C47H76N8O3/c1-32(2)10-7-11-33(3)40-18-19-41-39-17-16-37-30-38(20-22-46(37,5)42(39)21-23-47(40,41)6)58-43(56)36-14-12-35(13-15-36)31-51-26-27-54-45(57)55(28-8-24-52-34(4)48)29-9-25-53-44(49)50/h12-16,31-33,38-42,52H,4,7-11,17-30,48H2,1-3,5-6H3,(H,54,57)(H4,49,50,53)/b51-31+. The van der Waals surface area contributed by atoms with Crippen molar-refractivity contribution in [3.63, 3.8) is 0 Å². The second kappa shape index (κ2) is 20.8. The van der Waals surface area contributed by atoms with Crippen LogP contribution in [0.1, 0.15) is 134 Å². The summed E-state index contributed by atoms with van der Waals surface area (Å²) < 4.78 is 6.17. The fourth-order valence-electron chi connectivity index (χ4n) is 11.5. The van der Waals surface area contributed by atoms with Gasteiger partial charge in [0.15, 0.2) is 5.96 Å². The number of guanidine groups is 1. The van der Waals surface area contributed by atoms with Gasteiger partial charge in [-0.25, -0.2) is 9.59 Å². The molecule has 8 N–H and O–H groups in total. The molecule has 0 bridgehead atoms. The molecule has 1 aromatic carbocycles. The fourth-order valence-corrected chi connectivity index (χ4v) is 11.5. The van der Waals surface area contributed by atoms with Crippen molar-refractivity contribution in [2.24, 2.45) is 62.8 Å². The maximum atomic E-state index is 13.3. The Bertz CT molecular complexity index is 1590. The van der Waals surface area contributed by atoms with Gasteiger partial charge in [-0.3, -0.25) is 10.4 Å². The van der Waals surface area contributed by atoms with E-state index in [9.17, 15) is 9.59 Å². The first-order valence-electron chi connectivity index (χ1n) is 22.5. The Hall–Kier alpha value is -4.02. The number of nitrogens with zero attached hydrogens (tertiary/aromatic N) is 2. The number of amides is 2. The second-order valence-electron chi connectivity index (χ2n) is 18.9. The van der Waals surface area contributed by atoms with Gasteiger partial charge in [0.1, 0.15) is 6.10 Å². The number of fused-ring (bicyclic) bond motifs is 5. The van der Waals surface area contributed by atoms with Crippen LogP contribution in [0.15, 0.2) is 53.3 Å². The Morgan fingerprint density at radius 2 is 1.67 bits per heavy atom. The van der Waals surface area contributed by atoms with Crippen LogP contribution in [-0.2, 0) is 4.74 Å². The number of ether oxygens (including phenoxy) is 1. The highest BCUT2D eigenvalue weighted by Crippen LogP contribution is 2.67. The van der Waals surface area contributed by atoms with Gasteiger partial charge in [-0.05, 0) is 122 Å². The van der Waals surface area contributed by atoms with Crippen molar-refractivity contribution < 1.29 is 14.3 Å². The van der Waals surface area contributed by atoms with E-state index in [0.717, 1.165) is 60.3 Å². The van der Waals surface area contributed by atoms with Crippen LogP contribution in [0.2, 0.25) is 0 Å². The van der Waals surface area contributed by atoms with Gasteiger partial charge in [0.05, 0.1) is 17.9 Å². The minimum atomic E-state index is -0.257. The number of nitrogens with one attached hydrogen (secondary N) is 4. The quantitative estimate of drug-likeness (QED) is 0.0255. The number of carbonyl (C=O) groups is 2. The third kappa shape index (κ3) is 11.6. The number of nitrogens with two attached hydrogens (primary N) is 2. The van der Waals surface area contributed by atoms with Crippen LogP contribution in [0, 0.1) is 51.7 Å². The average Bonchev–Trinajstić information content (AvgIpc) is 3.54. The fraction of sp³-hybridized carbons (Fsp3) is 0.702. The molecule has 8 atom stereocenters. The van der Waals surface area contributed by atoms with Gasteiger partial charge in [-0.1, -0.05) is 84.2 Å². The molecule has 5 rings (SSSR count). The van der Waals surface area contributed by atoms with E-state index >= 15 is 0 Å². The number of urea groups is 1. The summed E-state index contributed by atoms with van der Waals surface area (Å²) in [6.07, 6.45) is 19.4. The lowest BCUT2D eigenvalue weighted by molar-refractivity contribution is -0.0594. The van der Waals surface area contributed by atoms with Crippen LogP contribution < -0.4 is 27.4 Å². The largest absolute Gasteiger partial charge is 0.458 e. The van der Waals surface area contributed by atoms with Gasteiger partial charge in [0.25, 0.3) is 0 Å². The van der Waals surface area contributed by atoms with Crippen LogP contribution in [0.5, 0.6) is 0 Å². The zero-order valence-corrected chi connectivity index (χ0v) is 36.4. The smallest absolute Gasteiger partial charge is 0.338 e. The molecule has 0 heterocycles. The van der Waals surface area contributed by atoms with E-state index in [1.54, 1.807) is 16.7 Å². The number of benzene rings is 1. The van der Waals surface area contributed by atoms with Crippen molar-refractivity contribution in [1.29, 1.82) is 5.41 Å². The second-order valence-corrected chi connectivity index (χ2v) is 18.9. The molecule has 4 aliphatic rings. The zero-order chi connectivity index (χ0) is 41.9. The van der Waals surface area contributed by atoms with Gasteiger partial charge in [-0.15, -0.1) is 0 Å². The molecule has 2 amide bonds. The molecule has 11 heteroatoms. The number of esters is 1. The van der Waals surface area contributed by atoms with Crippen molar-refractivity contribution >= 4 is 24.2 Å². The minimum Gasteiger partial charge on any atom is -0.458 e. The number of carbonyl (C=O) groups excluding carboxylic acids is 2. The van der Waals surface area contributed by atoms with Gasteiger partial charge < -0.3 is 37.1 Å². The summed E-state index contributed by atoms with van der Waals surface area (Å²) in [5.74, 6) is 4.96. The molecule has 58 heavy (non-hydrogen) atoms. The van der Waals surface area contributed by atoms with Crippen molar-refractivity contribution in [3.05, 3.63) is 59.4 Å². The van der Waals surface area contributed by atoms with Gasteiger partial charge in [0.2, 0.25) is 0 Å². The zero-order valence-electron chi connectivity index (χ0n) is 36.4. The molecule has 0 aliphatic heterocycles. The summed E-state index contributed by atoms with van der Waals surface area (Å²) in [5, 5.41) is 16.0. The average molecular weight is 801 g/mol. The predicted octanol–water partition coefficient (Wildman–Crippen LogP) is 7.97. The van der Waals surface area contributed by atoms with Crippen LogP contribution in [0.3, 0.4) is 0 Å². The first kappa shape index (κ1) is 45.1. The van der Waals surface area contributed by atoms with Crippen molar-refractivity contribution in [3.8, 4) is 0 Å². The number of hydrogen-bond acceptors (Lipinski definition) is 7. The number of hydrogen-bond donors (Lipinski definition) is 6. The van der Waals surface area contributed by atoms with E-state index in [2.05, 4.69) is 68.2 Å². The predicted molar refractivity (Wildman–Crippen MR) is 237 cm³/mol. The molecule has 3 fully saturated rings. The van der Waals surface area contributed by atoms with E-state index in [4.69, 9.17) is 21.6 Å². The third-order valence-electron chi connectivity index (χ3n) is 14.6. The van der Waals surface area contributed by atoms with Crippen LogP contribution in [-0.4, -0.2) is 74.4 Å². The highest BCUT2D eigenvalue weighted by atomic mass is 16.5. The number of allylic oxidation sites excluding steroid dienone is 1. The summed E-state index contributed by atoms with van der Waals surface area (Å²) in [7, 11) is 0. The summed E-state index contributed by atoms with van der Waals surface area (Å²) in [4.78, 5) is 32.5. The van der Waals surface area contributed by atoms with Crippen LogP contribution >= 0.6 is 0 Å². The van der Waals surface area contributed by atoms with E-state index < -0.39 is 0 Å². The highest BCUT2D eigenvalue weighted by Gasteiger charge is 2.59. The highest BCUT2D eigenvalue weighted by molar-refractivity contribution is 5.91. The molecule has 1 aromatic rings. The van der Waals surface area contributed by atoms with Crippen molar-refractivity contribution in [2.75, 3.05) is 39.3 Å². The minimum absolute atomic E-state index is 0.0769. The third-order valence-corrected chi connectivity index (χ3v) is 14.6. The Morgan fingerprint density at radius 3 is 2.36 bits per heavy atom. The Labute approximate surface area is 349 Å². The van der Waals surface area contributed by atoms with E-state index in [1.165, 1.54) is 51.4 Å². The first-order chi connectivity index (χ1) is 27.7. The molecule has 0 saturated heterocycles. The van der Waals surface area contributed by atoms with Crippen LogP contribution in [0.25, 0.3) is 0 Å². The topological polar surface area (TPSA) is 171 Å². The monoisotopic (exact) mass is 801 g/mol. The molecule has 322 valence electrons. The lowest BCUT2D eigenvalue weighted by atomic mass is 9.47. The molecule has 4 aliphatic carbocycles. The number of rotatable bonds is 20. The Kier molecular flexibility index (Phi) is 16.2. The molecule has 11 nitrogen and oxygen atoms in total. The molecule has 8 unspecified atom stereocenters. The van der Waals surface area contributed by atoms with Gasteiger partial charge >= 0.3 is 12.0 Å². The molecule has 0 aromatic heterocycles. The summed E-state index contributed by atoms with van der Waals surface area (Å²) in [6, 6.07) is 7.23. The van der Waals surface area contributed by atoms with Gasteiger partial charge in [-0.2, -0.15) is 0 Å². The Balaban J connectivity index is 1.06. The van der Waals surface area contributed by atoms with Gasteiger partial charge in [0, 0.05) is 45.4 Å². The SMILES string of the molecule is C=C(N)NCCCN(CCCNC(=N)N)C(=O)NCC/N=C/c1ccc(C(=O)OC2CCC3(C)C(=CCC4C3CCC3(C)C(C(C)CCCC(C)C)CCC43)C2)cc1.